The van der Waals surface area contributed by atoms with E-state index in [4.69, 9.17) is 4.74 Å². The second kappa shape index (κ2) is 4.04. The number of aliphatic hydroxyl groups excluding tert-OH is 1. The van der Waals surface area contributed by atoms with Crippen LogP contribution in [0.3, 0.4) is 0 Å². The molecule has 1 saturated carbocycles. The molecule has 1 aliphatic carbocycles. The predicted molar refractivity (Wildman–Crippen MR) is 65.5 cm³/mol. The fourth-order valence-electron chi connectivity index (χ4n) is 2.55. The highest BCUT2D eigenvalue weighted by Gasteiger charge is 2.35. The van der Waals surface area contributed by atoms with Gasteiger partial charge in [0, 0.05) is 16.5 Å². The van der Waals surface area contributed by atoms with Gasteiger partial charge in [-0.25, -0.2) is 0 Å². The first-order chi connectivity index (χ1) is 7.74. The number of hydrogen-bond acceptors (Lipinski definition) is 2. The van der Waals surface area contributed by atoms with Gasteiger partial charge in [0.2, 0.25) is 0 Å². The average molecular weight is 283 g/mol. The highest BCUT2D eigenvalue weighted by molar-refractivity contribution is 9.10. The van der Waals surface area contributed by atoms with E-state index in [0.717, 1.165) is 22.2 Å². The molecule has 2 nitrogen and oxygen atoms in total. The maximum absolute atomic E-state index is 10.1. The SMILES string of the molecule is O[C@@H]1CC(C2CCC2)Oc2ccc(Br)cc21. The summed E-state index contributed by atoms with van der Waals surface area (Å²) in [5.74, 6) is 1.52. The van der Waals surface area contributed by atoms with Gasteiger partial charge in [0.15, 0.2) is 0 Å². The molecule has 0 bridgehead atoms. The fraction of sp³-hybridized carbons (Fsp3) is 0.538. The number of aliphatic hydroxyl groups is 1. The Morgan fingerprint density at radius 2 is 2.12 bits per heavy atom. The van der Waals surface area contributed by atoms with Gasteiger partial charge in [-0.2, -0.15) is 0 Å². The Hall–Kier alpha value is -0.540. The molecule has 0 saturated heterocycles. The largest absolute Gasteiger partial charge is 0.490 e. The standard InChI is InChI=1S/C13H15BrO2/c14-9-4-5-12-10(6-9)11(15)7-13(16-12)8-2-1-3-8/h4-6,8,11,13,15H,1-3,7H2/t11-,13?/m1/s1. The van der Waals surface area contributed by atoms with Crippen LogP contribution in [0.15, 0.2) is 22.7 Å². The summed E-state index contributed by atoms with van der Waals surface area (Å²) in [7, 11) is 0. The monoisotopic (exact) mass is 282 g/mol. The van der Waals surface area contributed by atoms with E-state index in [1.54, 1.807) is 0 Å². The van der Waals surface area contributed by atoms with Crippen LogP contribution in [-0.2, 0) is 0 Å². The maximum atomic E-state index is 10.1. The van der Waals surface area contributed by atoms with Gasteiger partial charge < -0.3 is 9.84 Å². The second-order valence-electron chi connectivity index (χ2n) is 4.78. The molecule has 1 unspecified atom stereocenters. The Balaban J connectivity index is 1.87. The van der Waals surface area contributed by atoms with Crippen LogP contribution in [0.25, 0.3) is 0 Å². The molecule has 3 rings (SSSR count). The van der Waals surface area contributed by atoms with Crippen LogP contribution in [0.1, 0.15) is 37.4 Å². The topological polar surface area (TPSA) is 29.5 Å². The van der Waals surface area contributed by atoms with Crippen molar-refractivity contribution in [2.45, 2.75) is 37.9 Å². The Labute approximate surface area is 104 Å². The molecule has 0 radical (unpaired) electrons. The van der Waals surface area contributed by atoms with Crippen molar-refractivity contribution >= 4 is 15.9 Å². The van der Waals surface area contributed by atoms with Gasteiger partial charge in [-0.15, -0.1) is 0 Å². The molecular weight excluding hydrogens is 268 g/mol. The summed E-state index contributed by atoms with van der Waals surface area (Å²) in [5.41, 5.74) is 0.921. The van der Waals surface area contributed by atoms with Crippen LogP contribution in [0.5, 0.6) is 5.75 Å². The van der Waals surface area contributed by atoms with E-state index in [-0.39, 0.29) is 12.2 Å². The third-order valence-electron chi connectivity index (χ3n) is 3.74. The van der Waals surface area contributed by atoms with Gasteiger partial charge in [0.25, 0.3) is 0 Å². The Kier molecular flexibility index (Phi) is 2.68. The van der Waals surface area contributed by atoms with E-state index in [0.29, 0.717) is 5.92 Å². The van der Waals surface area contributed by atoms with Gasteiger partial charge in [0.1, 0.15) is 11.9 Å². The lowest BCUT2D eigenvalue weighted by molar-refractivity contribution is 0.0105. The lowest BCUT2D eigenvalue weighted by Crippen LogP contribution is -2.36. The molecule has 1 heterocycles. The van der Waals surface area contributed by atoms with Crippen molar-refractivity contribution in [3.05, 3.63) is 28.2 Å². The first kappa shape index (κ1) is 10.6. The van der Waals surface area contributed by atoms with Crippen LogP contribution in [0.2, 0.25) is 0 Å². The quantitative estimate of drug-likeness (QED) is 0.855. The van der Waals surface area contributed by atoms with Crippen molar-refractivity contribution in [1.29, 1.82) is 0 Å². The highest BCUT2D eigenvalue weighted by Crippen LogP contribution is 2.42. The molecule has 3 heteroatoms. The molecule has 0 aromatic heterocycles. The third kappa shape index (κ3) is 1.76. The van der Waals surface area contributed by atoms with E-state index in [1.807, 2.05) is 18.2 Å². The third-order valence-corrected chi connectivity index (χ3v) is 4.23. The molecule has 1 N–H and O–H groups in total. The van der Waals surface area contributed by atoms with E-state index in [1.165, 1.54) is 19.3 Å². The molecule has 0 amide bonds. The number of hydrogen-bond donors (Lipinski definition) is 1. The van der Waals surface area contributed by atoms with Crippen LogP contribution in [0.4, 0.5) is 0 Å². The van der Waals surface area contributed by atoms with Crippen molar-refractivity contribution in [2.24, 2.45) is 5.92 Å². The van der Waals surface area contributed by atoms with Gasteiger partial charge in [-0.3, -0.25) is 0 Å². The van der Waals surface area contributed by atoms with Gasteiger partial charge in [0.05, 0.1) is 6.10 Å². The van der Waals surface area contributed by atoms with E-state index < -0.39 is 0 Å². The van der Waals surface area contributed by atoms with Crippen molar-refractivity contribution in [1.82, 2.24) is 0 Å². The minimum absolute atomic E-state index is 0.220. The van der Waals surface area contributed by atoms with Crippen LogP contribution >= 0.6 is 15.9 Å². The summed E-state index contributed by atoms with van der Waals surface area (Å²) in [6.07, 6.45) is 4.42. The van der Waals surface area contributed by atoms with Crippen LogP contribution in [-0.4, -0.2) is 11.2 Å². The second-order valence-corrected chi connectivity index (χ2v) is 5.70. The summed E-state index contributed by atoms with van der Waals surface area (Å²) < 4.78 is 6.98. The lowest BCUT2D eigenvalue weighted by atomic mass is 9.78. The highest BCUT2D eigenvalue weighted by atomic mass is 79.9. The zero-order valence-corrected chi connectivity index (χ0v) is 10.6. The van der Waals surface area contributed by atoms with E-state index in [9.17, 15) is 5.11 Å². The maximum Gasteiger partial charge on any atom is 0.125 e. The number of fused-ring (bicyclic) bond motifs is 1. The summed E-state index contributed by atoms with van der Waals surface area (Å²) in [4.78, 5) is 0. The molecule has 1 aliphatic heterocycles. The minimum atomic E-state index is -0.369. The zero-order chi connectivity index (χ0) is 11.1. The van der Waals surface area contributed by atoms with Crippen LogP contribution in [0, 0.1) is 5.92 Å². The number of ether oxygens (including phenoxy) is 1. The van der Waals surface area contributed by atoms with Crippen molar-refractivity contribution < 1.29 is 9.84 Å². The van der Waals surface area contributed by atoms with Crippen molar-refractivity contribution in [3.63, 3.8) is 0 Å². The van der Waals surface area contributed by atoms with Crippen LogP contribution < -0.4 is 4.74 Å². The molecule has 16 heavy (non-hydrogen) atoms. The molecule has 0 spiro atoms. The summed E-state index contributed by atoms with van der Waals surface area (Å²) in [5, 5.41) is 10.1. The Bertz CT molecular complexity index is 401. The number of benzene rings is 1. The zero-order valence-electron chi connectivity index (χ0n) is 9.03. The van der Waals surface area contributed by atoms with Gasteiger partial charge >= 0.3 is 0 Å². The Morgan fingerprint density at radius 1 is 1.31 bits per heavy atom. The van der Waals surface area contributed by atoms with Crippen molar-refractivity contribution in [3.8, 4) is 5.75 Å². The average Bonchev–Trinajstić information content (AvgIpc) is 2.17. The van der Waals surface area contributed by atoms with Gasteiger partial charge in [-0.05, 0) is 37.0 Å². The molecule has 1 fully saturated rings. The predicted octanol–water partition coefficient (Wildman–Crippen LogP) is 3.43. The van der Waals surface area contributed by atoms with Gasteiger partial charge in [-0.1, -0.05) is 22.4 Å². The number of halogens is 1. The Morgan fingerprint density at radius 3 is 2.81 bits per heavy atom. The molecule has 86 valence electrons. The lowest BCUT2D eigenvalue weighted by Gasteiger charge is -2.38. The first-order valence-electron chi connectivity index (χ1n) is 5.88. The molecule has 1 aromatic carbocycles. The molecule has 1 aromatic rings. The molecule has 2 aliphatic rings. The normalized spacial score (nSPS) is 29.1. The number of rotatable bonds is 1. The van der Waals surface area contributed by atoms with Crippen molar-refractivity contribution in [2.75, 3.05) is 0 Å². The first-order valence-corrected chi connectivity index (χ1v) is 6.67. The fourth-order valence-corrected chi connectivity index (χ4v) is 2.92. The van der Waals surface area contributed by atoms with E-state index >= 15 is 0 Å². The summed E-state index contributed by atoms with van der Waals surface area (Å²) in [6.45, 7) is 0. The summed E-state index contributed by atoms with van der Waals surface area (Å²) >= 11 is 3.42. The summed E-state index contributed by atoms with van der Waals surface area (Å²) in [6, 6.07) is 5.87. The molecule has 2 atom stereocenters. The smallest absolute Gasteiger partial charge is 0.125 e. The molecular formula is C13H15BrO2. The van der Waals surface area contributed by atoms with E-state index in [2.05, 4.69) is 15.9 Å². The minimum Gasteiger partial charge on any atom is -0.490 e.